The van der Waals surface area contributed by atoms with Crippen molar-refractivity contribution in [3.63, 3.8) is 0 Å². The minimum atomic E-state index is -1.03. The zero-order chi connectivity index (χ0) is 17.4. The predicted molar refractivity (Wildman–Crippen MR) is 89.2 cm³/mol. The van der Waals surface area contributed by atoms with E-state index in [1.54, 1.807) is 18.9 Å². The van der Waals surface area contributed by atoms with Gasteiger partial charge in [-0.1, -0.05) is 23.7 Å². The Labute approximate surface area is 144 Å². The number of aryl methyl sites for hydroxylation is 1. The number of nitrogens with zero attached hydrogens (tertiary/aromatic N) is 1. The molecule has 1 heterocycles. The number of carbonyl (C=O) groups excluding carboxylic acids is 1. The fourth-order valence-electron chi connectivity index (χ4n) is 3.00. The van der Waals surface area contributed by atoms with E-state index in [0.29, 0.717) is 16.5 Å². The first-order valence-corrected chi connectivity index (χ1v) is 8.07. The number of benzene rings is 1. The molecule has 2 aromatic rings. The van der Waals surface area contributed by atoms with Gasteiger partial charge < -0.3 is 14.4 Å². The van der Waals surface area contributed by atoms with Gasteiger partial charge in [-0.3, -0.25) is 4.79 Å². The van der Waals surface area contributed by atoms with E-state index in [9.17, 15) is 9.59 Å². The van der Waals surface area contributed by atoms with Crippen LogP contribution in [0.2, 0.25) is 5.02 Å². The van der Waals surface area contributed by atoms with Gasteiger partial charge in [-0.15, -0.1) is 0 Å². The number of hydrogen-bond donors (Lipinski definition) is 1. The van der Waals surface area contributed by atoms with Gasteiger partial charge in [-0.05, 0) is 43.0 Å². The van der Waals surface area contributed by atoms with Crippen LogP contribution >= 0.6 is 11.6 Å². The van der Waals surface area contributed by atoms with E-state index in [4.69, 9.17) is 21.1 Å². The summed E-state index contributed by atoms with van der Waals surface area (Å²) in [6.45, 7) is 1.86. The minimum absolute atomic E-state index is 0.0332. The molecule has 2 atom stereocenters. The maximum absolute atomic E-state index is 12.5. The molecular weight excluding hydrogens is 330 g/mol. The van der Waals surface area contributed by atoms with E-state index in [0.717, 1.165) is 12.0 Å². The summed E-state index contributed by atoms with van der Waals surface area (Å²) < 4.78 is 5.43. The van der Waals surface area contributed by atoms with Crippen molar-refractivity contribution in [2.75, 3.05) is 7.05 Å². The van der Waals surface area contributed by atoms with Crippen LogP contribution in [0.15, 0.2) is 34.7 Å². The molecule has 0 aliphatic heterocycles. The van der Waals surface area contributed by atoms with Crippen LogP contribution in [0.4, 0.5) is 0 Å². The number of rotatable bonds is 5. The van der Waals surface area contributed by atoms with E-state index >= 15 is 0 Å². The van der Waals surface area contributed by atoms with Gasteiger partial charge in [0.25, 0.3) is 0 Å². The van der Waals surface area contributed by atoms with Crippen LogP contribution in [0.1, 0.15) is 39.8 Å². The first kappa shape index (κ1) is 16.6. The zero-order valence-corrected chi connectivity index (χ0v) is 14.2. The van der Waals surface area contributed by atoms with Crippen LogP contribution < -0.4 is 0 Å². The van der Waals surface area contributed by atoms with E-state index in [1.807, 2.05) is 24.3 Å². The summed E-state index contributed by atoms with van der Waals surface area (Å²) >= 11 is 6.00. The molecule has 6 heteroatoms. The molecule has 1 aliphatic rings. The lowest BCUT2D eigenvalue weighted by Crippen LogP contribution is -2.27. The van der Waals surface area contributed by atoms with Gasteiger partial charge in [0.05, 0.1) is 6.54 Å². The molecule has 1 saturated carbocycles. The van der Waals surface area contributed by atoms with Crippen LogP contribution in [0.25, 0.3) is 0 Å². The predicted octanol–water partition coefficient (Wildman–Crippen LogP) is 3.70. The van der Waals surface area contributed by atoms with Crippen molar-refractivity contribution < 1.29 is 19.1 Å². The lowest BCUT2D eigenvalue weighted by atomic mass is 10.1. The highest BCUT2D eigenvalue weighted by molar-refractivity contribution is 6.30. The molecule has 1 aromatic carbocycles. The number of carboxylic acids is 1. The minimum Gasteiger partial charge on any atom is -0.478 e. The van der Waals surface area contributed by atoms with Gasteiger partial charge in [-0.25, -0.2) is 4.79 Å². The Bertz CT molecular complexity index is 798. The molecule has 24 heavy (non-hydrogen) atoms. The number of carboxylic acid groups (broad SMARTS) is 1. The summed E-state index contributed by atoms with van der Waals surface area (Å²) in [6.07, 6.45) is 0.807. The number of hydrogen-bond acceptors (Lipinski definition) is 3. The molecule has 1 aromatic heterocycles. The average molecular weight is 348 g/mol. The van der Waals surface area contributed by atoms with Crippen molar-refractivity contribution in [2.24, 2.45) is 5.92 Å². The van der Waals surface area contributed by atoms with E-state index in [-0.39, 0.29) is 29.9 Å². The number of halogens is 1. The van der Waals surface area contributed by atoms with Crippen LogP contribution in [0, 0.1) is 12.8 Å². The topological polar surface area (TPSA) is 70.8 Å². The molecule has 1 N–H and O–H groups in total. The summed E-state index contributed by atoms with van der Waals surface area (Å²) in [6, 6.07) is 9.06. The molecular formula is C18H18ClNO4. The second-order valence-corrected chi connectivity index (χ2v) is 6.62. The molecule has 1 aliphatic carbocycles. The average Bonchev–Trinajstić information content (AvgIpc) is 3.23. The molecule has 126 valence electrons. The van der Waals surface area contributed by atoms with Crippen LogP contribution in [-0.2, 0) is 11.3 Å². The van der Waals surface area contributed by atoms with Crippen molar-refractivity contribution in [1.29, 1.82) is 0 Å². The van der Waals surface area contributed by atoms with Crippen LogP contribution in [0.5, 0.6) is 0 Å². The second kappa shape index (κ2) is 6.32. The molecule has 5 nitrogen and oxygen atoms in total. The Morgan fingerprint density at radius 1 is 1.38 bits per heavy atom. The van der Waals surface area contributed by atoms with Crippen molar-refractivity contribution >= 4 is 23.5 Å². The Morgan fingerprint density at radius 3 is 2.75 bits per heavy atom. The molecule has 0 radical (unpaired) electrons. The lowest BCUT2D eigenvalue weighted by Gasteiger charge is -2.15. The molecule has 0 bridgehead atoms. The van der Waals surface area contributed by atoms with Crippen molar-refractivity contribution in [3.8, 4) is 0 Å². The number of amides is 1. The monoisotopic (exact) mass is 347 g/mol. The Morgan fingerprint density at radius 2 is 2.12 bits per heavy atom. The Balaban J connectivity index is 1.64. The number of carbonyl (C=O) groups is 2. The molecule has 0 saturated heterocycles. The summed E-state index contributed by atoms with van der Waals surface area (Å²) in [5.41, 5.74) is 1.21. The highest BCUT2D eigenvalue weighted by Gasteiger charge is 2.45. The van der Waals surface area contributed by atoms with E-state index in [2.05, 4.69) is 0 Å². The van der Waals surface area contributed by atoms with Crippen LogP contribution in [0.3, 0.4) is 0 Å². The van der Waals surface area contributed by atoms with E-state index in [1.165, 1.54) is 6.07 Å². The third-order valence-electron chi connectivity index (χ3n) is 4.35. The molecule has 3 rings (SSSR count). The number of furan rings is 1. The van der Waals surface area contributed by atoms with Gasteiger partial charge in [-0.2, -0.15) is 0 Å². The van der Waals surface area contributed by atoms with Crippen LogP contribution in [-0.4, -0.2) is 28.9 Å². The standard InChI is InChI=1S/C18H18ClNO4/c1-10-14(18(22)23)7-13(24-10)9-20(2)17(21)16-8-15(16)11-4-3-5-12(19)6-11/h3-7,15-16H,8-9H2,1-2H3,(H,22,23). The largest absolute Gasteiger partial charge is 0.478 e. The van der Waals surface area contributed by atoms with Crippen molar-refractivity contribution in [3.05, 3.63) is 58.0 Å². The normalized spacial score (nSPS) is 19.1. The molecule has 1 fully saturated rings. The maximum atomic E-state index is 12.5. The van der Waals surface area contributed by atoms with Gasteiger partial charge in [0.2, 0.25) is 5.91 Å². The third-order valence-corrected chi connectivity index (χ3v) is 4.59. The fourth-order valence-corrected chi connectivity index (χ4v) is 3.20. The first-order chi connectivity index (χ1) is 11.4. The van der Waals surface area contributed by atoms with Gasteiger partial charge in [0.15, 0.2) is 0 Å². The fraction of sp³-hybridized carbons (Fsp3) is 0.333. The van der Waals surface area contributed by atoms with Gasteiger partial charge in [0, 0.05) is 18.0 Å². The SMILES string of the molecule is Cc1oc(CN(C)C(=O)C2CC2c2cccc(Cl)c2)cc1C(=O)O. The maximum Gasteiger partial charge on any atom is 0.339 e. The lowest BCUT2D eigenvalue weighted by molar-refractivity contribution is -0.132. The van der Waals surface area contributed by atoms with Gasteiger partial charge >= 0.3 is 5.97 Å². The quantitative estimate of drug-likeness (QED) is 0.895. The molecule has 2 unspecified atom stereocenters. The second-order valence-electron chi connectivity index (χ2n) is 6.19. The molecule has 0 spiro atoms. The molecule has 1 amide bonds. The third kappa shape index (κ3) is 3.31. The summed E-state index contributed by atoms with van der Waals surface area (Å²) in [5.74, 6) is -0.0251. The summed E-state index contributed by atoms with van der Waals surface area (Å²) in [5, 5.41) is 9.72. The van der Waals surface area contributed by atoms with Gasteiger partial charge in [0.1, 0.15) is 17.1 Å². The smallest absolute Gasteiger partial charge is 0.339 e. The summed E-state index contributed by atoms with van der Waals surface area (Å²) in [7, 11) is 1.70. The Hall–Kier alpha value is -2.27. The van der Waals surface area contributed by atoms with Crippen molar-refractivity contribution in [2.45, 2.75) is 25.8 Å². The first-order valence-electron chi connectivity index (χ1n) is 7.70. The Kier molecular flexibility index (Phi) is 4.37. The van der Waals surface area contributed by atoms with E-state index < -0.39 is 5.97 Å². The highest BCUT2D eigenvalue weighted by Crippen LogP contribution is 2.48. The highest BCUT2D eigenvalue weighted by atomic mass is 35.5. The number of aromatic carboxylic acids is 1. The zero-order valence-electron chi connectivity index (χ0n) is 13.5. The van der Waals surface area contributed by atoms with Crippen molar-refractivity contribution in [1.82, 2.24) is 4.90 Å². The summed E-state index contributed by atoms with van der Waals surface area (Å²) in [4.78, 5) is 25.2.